The Kier molecular flexibility index (Phi) is 4.23. The zero-order chi connectivity index (χ0) is 16.2. The number of nitrogens with zero attached hydrogens (tertiary/aromatic N) is 1. The molecule has 2 amide bonds. The van der Waals surface area contributed by atoms with Gasteiger partial charge >= 0.3 is 0 Å². The van der Waals surface area contributed by atoms with E-state index in [9.17, 15) is 14.4 Å². The van der Waals surface area contributed by atoms with E-state index in [1.54, 1.807) is 42.6 Å². The van der Waals surface area contributed by atoms with Crippen LogP contribution >= 0.6 is 0 Å². The number of carbonyl (C=O) groups is 2. The zero-order valence-corrected chi connectivity index (χ0v) is 12.5. The molecule has 1 aliphatic rings. The second kappa shape index (κ2) is 6.48. The fourth-order valence-corrected chi connectivity index (χ4v) is 2.17. The van der Waals surface area contributed by atoms with Gasteiger partial charge in [-0.05, 0) is 43.2 Å². The molecule has 6 heteroatoms. The quantitative estimate of drug-likeness (QED) is 0.884. The van der Waals surface area contributed by atoms with Crippen LogP contribution in [0.4, 0.5) is 11.4 Å². The summed E-state index contributed by atoms with van der Waals surface area (Å²) < 4.78 is 1.33. The maximum atomic E-state index is 12.0. The van der Waals surface area contributed by atoms with E-state index in [2.05, 4.69) is 10.6 Å². The molecule has 1 aromatic carbocycles. The minimum absolute atomic E-state index is 0.0418. The van der Waals surface area contributed by atoms with Crippen LogP contribution in [0.3, 0.4) is 0 Å². The summed E-state index contributed by atoms with van der Waals surface area (Å²) in [5.41, 5.74) is 1.10. The average molecular weight is 311 g/mol. The Balaban J connectivity index is 1.57. The van der Waals surface area contributed by atoms with Crippen molar-refractivity contribution in [2.45, 2.75) is 19.4 Å². The first kappa shape index (κ1) is 15.0. The van der Waals surface area contributed by atoms with Crippen LogP contribution in [0.2, 0.25) is 0 Å². The minimum atomic E-state index is -0.284. The number of aromatic nitrogens is 1. The smallest absolute Gasteiger partial charge is 0.250 e. The van der Waals surface area contributed by atoms with E-state index in [-0.39, 0.29) is 29.8 Å². The number of nitrogens with one attached hydrogen (secondary N) is 2. The van der Waals surface area contributed by atoms with E-state index >= 15 is 0 Å². The van der Waals surface area contributed by atoms with Crippen molar-refractivity contribution in [1.29, 1.82) is 0 Å². The predicted molar refractivity (Wildman–Crippen MR) is 87.1 cm³/mol. The molecule has 1 saturated carbocycles. The number of hydrogen-bond acceptors (Lipinski definition) is 3. The third-order valence-electron chi connectivity index (χ3n) is 3.60. The lowest BCUT2D eigenvalue weighted by atomic mass is 10.2. The number of amides is 2. The lowest BCUT2D eigenvalue weighted by Crippen LogP contribution is -2.26. The molecule has 0 radical (unpaired) electrons. The third kappa shape index (κ3) is 4.06. The van der Waals surface area contributed by atoms with Crippen molar-refractivity contribution >= 4 is 23.2 Å². The van der Waals surface area contributed by atoms with E-state index in [1.807, 2.05) is 0 Å². The molecule has 1 aliphatic carbocycles. The lowest BCUT2D eigenvalue weighted by Gasteiger charge is -2.08. The van der Waals surface area contributed by atoms with Crippen molar-refractivity contribution in [3.8, 4) is 0 Å². The molecule has 0 aliphatic heterocycles. The van der Waals surface area contributed by atoms with Gasteiger partial charge in [0.2, 0.25) is 11.8 Å². The van der Waals surface area contributed by atoms with Crippen LogP contribution in [0.15, 0.2) is 53.5 Å². The number of anilines is 2. The largest absolute Gasteiger partial charge is 0.326 e. The molecule has 1 heterocycles. The van der Waals surface area contributed by atoms with E-state index < -0.39 is 0 Å². The summed E-state index contributed by atoms with van der Waals surface area (Å²) in [6, 6.07) is 11.7. The predicted octanol–water partition coefficient (Wildman–Crippen LogP) is 1.84. The zero-order valence-electron chi connectivity index (χ0n) is 12.5. The minimum Gasteiger partial charge on any atom is -0.326 e. The maximum absolute atomic E-state index is 12.0. The first-order chi connectivity index (χ1) is 11.1. The van der Waals surface area contributed by atoms with E-state index in [0.29, 0.717) is 11.4 Å². The topological polar surface area (TPSA) is 80.2 Å². The fraction of sp³-hybridized carbons (Fsp3) is 0.235. The van der Waals surface area contributed by atoms with Gasteiger partial charge in [-0.15, -0.1) is 0 Å². The van der Waals surface area contributed by atoms with Gasteiger partial charge in [0.15, 0.2) is 0 Å². The molecule has 23 heavy (non-hydrogen) atoms. The second-order valence-electron chi connectivity index (χ2n) is 5.56. The highest BCUT2D eigenvalue weighted by Crippen LogP contribution is 2.30. The Morgan fingerprint density at radius 1 is 1.00 bits per heavy atom. The molecule has 1 aromatic heterocycles. The van der Waals surface area contributed by atoms with Gasteiger partial charge < -0.3 is 15.2 Å². The molecule has 0 saturated heterocycles. The Bertz CT molecular complexity index is 776. The van der Waals surface area contributed by atoms with Crippen molar-refractivity contribution in [3.63, 3.8) is 0 Å². The van der Waals surface area contributed by atoms with Crippen LogP contribution in [-0.4, -0.2) is 16.4 Å². The van der Waals surface area contributed by atoms with Crippen LogP contribution < -0.4 is 16.2 Å². The number of hydrogen-bond donors (Lipinski definition) is 2. The second-order valence-corrected chi connectivity index (χ2v) is 5.56. The molecule has 0 bridgehead atoms. The Labute approximate surface area is 133 Å². The van der Waals surface area contributed by atoms with Crippen molar-refractivity contribution < 1.29 is 9.59 Å². The maximum Gasteiger partial charge on any atom is 0.250 e. The molecule has 2 aromatic rings. The van der Waals surface area contributed by atoms with Gasteiger partial charge in [0.05, 0.1) is 0 Å². The van der Waals surface area contributed by atoms with Crippen LogP contribution in [0, 0.1) is 5.92 Å². The van der Waals surface area contributed by atoms with Crippen molar-refractivity contribution in [2.75, 3.05) is 10.6 Å². The lowest BCUT2D eigenvalue weighted by molar-refractivity contribution is -0.117. The summed E-state index contributed by atoms with van der Waals surface area (Å²) in [6.07, 6.45) is 3.48. The van der Waals surface area contributed by atoms with Crippen LogP contribution in [0.25, 0.3) is 0 Å². The van der Waals surface area contributed by atoms with Gasteiger partial charge in [-0.3, -0.25) is 14.4 Å². The molecular formula is C17H17N3O3. The summed E-state index contributed by atoms with van der Waals surface area (Å²) >= 11 is 0. The van der Waals surface area contributed by atoms with Crippen molar-refractivity contribution in [3.05, 3.63) is 59.0 Å². The number of rotatable bonds is 5. The van der Waals surface area contributed by atoms with Crippen molar-refractivity contribution in [2.24, 2.45) is 5.92 Å². The molecule has 1 fully saturated rings. The highest BCUT2D eigenvalue weighted by Gasteiger charge is 2.29. The van der Waals surface area contributed by atoms with E-state index in [0.717, 1.165) is 12.8 Å². The highest BCUT2D eigenvalue weighted by atomic mass is 16.2. The SMILES string of the molecule is O=C(Cn1ccccc1=O)Nc1ccc(NC(=O)C2CC2)cc1. The number of pyridine rings is 1. The van der Waals surface area contributed by atoms with Gasteiger partial charge in [-0.2, -0.15) is 0 Å². The van der Waals surface area contributed by atoms with E-state index in [1.165, 1.54) is 10.6 Å². The summed E-state index contributed by atoms with van der Waals surface area (Å²) in [7, 11) is 0. The molecule has 3 rings (SSSR count). The van der Waals surface area contributed by atoms with Gasteiger partial charge in [0.1, 0.15) is 6.54 Å². The van der Waals surface area contributed by atoms with Crippen LogP contribution in [0.5, 0.6) is 0 Å². The third-order valence-corrected chi connectivity index (χ3v) is 3.60. The first-order valence-corrected chi connectivity index (χ1v) is 7.48. The normalized spacial score (nSPS) is 13.4. The van der Waals surface area contributed by atoms with Crippen LogP contribution in [-0.2, 0) is 16.1 Å². The molecular weight excluding hydrogens is 294 g/mol. The molecule has 0 atom stereocenters. The molecule has 118 valence electrons. The average Bonchev–Trinajstić information content (AvgIpc) is 3.36. The first-order valence-electron chi connectivity index (χ1n) is 7.48. The van der Waals surface area contributed by atoms with Gasteiger partial charge in [0, 0.05) is 29.6 Å². The summed E-state index contributed by atoms with van der Waals surface area (Å²) in [5.74, 6) is -0.0862. The monoisotopic (exact) mass is 311 g/mol. The molecule has 0 unspecified atom stereocenters. The number of carbonyl (C=O) groups excluding carboxylic acids is 2. The van der Waals surface area contributed by atoms with E-state index in [4.69, 9.17) is 0 Å². The van der Waals surface area contributed by atoms with Gasteiger partial charge in [0.25, 0.3) is 5.56 Å². The Hall–Kier alpha value is -2.89. The van der Waals surface area contributed by atoms with Gasteiger partial charge in [-0.1, -0.05) is 6.07 Å². The molecule has 2 N–H and O–H groups in total. The fourth-order valence-electron chi connectivity index (χ4n) is 2.17. The Morgan fingerprint density at radius 2 is 1.65 bits per heavy atom. The molecule has 0 spiro atoms. The summed E-state index contributed by atoms with van der Waals surface area (Å²) in [5, 5.41) is 5.56. The summed E-state index contributed by atoms with van der Waals surface area (Å²) in [6.45, 7) is -0.0418. The Morgan fingerprint density at radius 3 is 2.26 bits per heavy atom. The molecule has 6 nitrogen and oxygen atoms in total. The van der Waals surface area contributed by atoms with Gasteiger partial charge in [-0.25, -0.2) is 0 Å². The van der Waals surface area contributed by atoms with Crippen molar-refractivity contribution in [1.82, 2.24) is 4.57 Å². The van der Waals surface area contributed by atoms with Crippen LogP contribution in [0.1, 0.15) is 12.8 Å². The number of benzene rings is 1. The summed E-state index contributed by atoms with van der Waals surface area (Å²) in [4.78, 5) is 35.2. The highest BCUT2D eigenvalue weighted by molar-refractivity contribution is 5.95. The standard InChI is InChI=1S/C17H17N3O3/c21-15(11-20-10-2-1-3-16(20)22)18-13-6-8-14(9-7-13)19-17(23)12-4-5-12/h1-3,6-10,12H,4-5,11H2,(H,18,21)(H,19,23).